The Bertz CT molecular complexity index is 797. The van der Waals surface area contributed by atoms with Crippen LogP contribution in [0.15, 0.2) is 24.3 Å². The van der Waals surface area contributed by atoms with Gasteiger partial charge >= 0.3 is 5.97 Å². The van der Waals surface area contributed by atoms with Crippen molar-refractivity contribution in [2.75, 3.05) is 20.2 Å². The van der Waals surface area contributed by atoms with Crippen molar-refractivity contribution in [3.63, 3.8) is 0 Å². The quantitative estimate of drug-likeness (QED) is 0.452. The van der Waals surface area contributed by atoms with E-state index in [0.29, 0.717) is 12.5 Å². The molecule has 2 heterocycles. The van der Waals surface area contributed by atoms with E-state index in [1.165, 1.54) is 24.8 Å². The number of ether oxygens (including phenoxy) is 3. The van der Waals surface area contributed by atoms with E-state index >= 15 is 0 Å². The summed E-state index contributed by atoms with van der Waals surface area (Å²) in [6, 6.07) is 8.10. The summed E-state index contributed by atoms with van der Waals surface area (Å²) in [5, 5.41) is 3.51. The predicted octanol–water partition coefficient (Wildman–Crippen LogP) is 3.35. The molecule has 0 unspecified atom stereocenters. The number of para-hydroxylation sites is 1. The van der Waals surface area contributed by atoms with Crippen LogP contribution in [0.4, 0.5) is 0 Å². The van der Waals surface area contributed by atoms with Gasteiger partial charge in [0.2, 0.25) is 0 Å². The third-order valence-electron chi connectivity index (χ3n) is 8.32. The van der Waals surface area contributed by atoms with Crippen molar-refractivity contribution in [3.05, 3.63) is 29.8 Å². The maximum atomic E-state index is 12.7. The van der Waals surface area contributed by atoms with E-state index in [4.69, 9.17) is 14.2 Å². The fourth-order valence-corrected chi connectivity index (χ4v) is 6.86. The van der Waals surface area contributed by atoms with E-state index in [2.05, 4.69) is 25.2 Å². The van der Waals surface area contributed by atoms with Gasteiger partial charge in [-0.15, -0.1) is 0 Å². The highest BCUT2D eigenvalue weighted by Crippen LogP contribution is 2.70. The van der Waals surface area contributed by atoms with Crippen LogP contribution in [-0.4, -0.2) is 44.0 Å². The van der Waals surface area contributed by atoms with Crippen molar-refractivity contribution < 1.29 is 19.0 Å². The molecule has 0 radical (unpaired) electrons. The van der Waals surface area contributed by atoms with E-state index in [-0.39, 0.29) is 41.0 Å². The van der Waals surface area contributed by atoms with Crippen molar-refractivity contribution >= 4 is 5.97 Å². The molecule has 4 fully saturated rings. The minimum absolute atomic E-state index is 0.0178. The molecule has 7 atom stereocenters. The summed E-state index contributed by atoms with van der Waals surface area (Å²) in [4.78, 5) is 12.7. The Labute approximate surface area is 173 Å². The number of carbonyl (C=O) groups excluding carboxylic acids is 1. The zero-order chi connectivity index (χ0) is 20.2. The topological polar surface area (TPSA) is 60.1 Å². The van der Waals surface area contributed by atoms with Gasteiger partial charge in [-0.3, -0.25) is 4.79 Å². The predicted molar refractivity (Wildman–Crippen MR) is 110 cm³/mol. The van der Waals surface area contributed by atoms with Crippen molar-refractivity contribution in [2.45, 2.75) is 63.8 Å². The van der Waals surface area contributed by atoms with Gasteiger partial charge in [-0.1, -0.05) is 38.5 Å². The molecule has 0 bridgehead atoms. The van der Waals surface area contributed by atoms with E-state index < -0.39 is 0 Å². The van der Waals surface area contributed by atoms with Gasteiger partial charge < -0.3 is 19.5 Å². The summed E-state index contributed by atoms with van der Waals surface area (Å²) in [7, 11) is 1.70. The summed E-state index contributed by atoms with van der Waals surface area (Å²) < 4.78 is 17.8. The minimum Gasteiger partial charge on any atom is -0.496 e. The first-order valence-corrected chi connectivity index (χ1v) is 11.2. The van der Waals surface area contributed by atoms with Crippen LogP contribution in [0.2, 0.25) is 0 Å². The SMILES string of the molecule is COc1ccccc1CCNC[C@H]1C(=O)O[C@@H]2C[C@@]3(C)CCC[C@H](C)[C@@]34O[C@@H]4[C@@H]21. The van der Waals surface area contributed by atoms with E-state index in [1.54, 1.807) is 7.11 Å². The van der Waals surface area contributed by atoms with Crippen LogP contribution in [0.3, 0.4) is 0 Å². The number of epoxide rings is 1. The Morgan fingerprint density at radius 3 is 2.97 bits per heavy atom. The van der Waals surface area contributed by atoms with Crippen LogP contribution < -0.4 is 10.1 Å². The van der Waals surface area contributed by atoms with Crippen molar-refractivity contribution in [3.8, 4) is 5.75 Å². The molecular weight excluding hydrogens is 366 g/mol. The molecule has 2 aliphatic carbocycles. The summed E-state index contributed by atoms with van der Waals surface area (Å²) in [5.41, 5.74) is 1.32. The van der Waals surface area contributed by atoms with Crippen molar-refractivity contribution in [1.82, 2.24) is 5.32 Å². The molecule has 1 aromatic rings. The Morgan fingerprint density at radius 2 is 2.14 bits per heavy atom. The zero-order valence-electron chi connectivity index (χ0n) is 17.8. The van der Waals surface area contributed by atoms with Crippen molar-refractivity contribution in [1.29, 1.82) is 0 Å². The second kappa shape index (κ2) is 6.98. The Balaban J connectivity index is 1.24. The lowest BCUT2D eigenvalue weighted by Crippen LogP contribution is -2.54. The average Bonchev–Trinajstić information content (AvgIpc) is 3.39. The van der Waals surface area contributed by atoms with E-state index in [9.17, 15) is 4.79 Å². The molecule has 0 aromatic heterocycles. The Hall–Kier alpha value is -1.59. The van der Waals surface area contributed by atoms with E-state index in [0.717, 1.165) is 25.1 Å². The molecule has 1 aromatic carbocycles. The number of esters is 1. The second-order valence-corrected chi connectivity index (χ2v) is 9.81. The van der Waals surface area contributed by atoms with Crippen LogP contribution in [-0.2, 0) is 20.7 Å². The number of fused-ring (bicyclic) bond motifs is 2. The monoisotopic (exact) mass is 399 g/mol. The van der Waals surface area contributed by atoms with Gasteiger partial charge in [-0.05, 0) is 49.8 Å². The molecule has 5 nitrogen and oxygen atoms in total. The first-order chi connectivity index (χ1) is 14.0. The number of hydrogen-bond acceptors (Lipinski definition) is 5. The average molecular weight is 400 g/mol. The summed E-state index contributed by atoms with van der Waals surface area (Å²) in [5.74, 6) is 1.56. The van der Waals surface area contributed by atoms with Crippen LogP contribution in [0.1, 0.15) is 45.1 Å². The van der Waals surface area contributed by atoms with Gasteiger partial charge in [-0.25, -0.2) is 0 Å². The molecule has 158 valence electrons. The maximum absolute atomic E-state index is 12.7. The number of rotatable bonds is 6. The van der Waals surface area contributed by atoms with E-state index in [1.807, 2.05) is 18.2 Å². The second-order valence-electron chi connectivity index (χ2n) is 9.81. The number of benzene rings is 1. The normalized spacial score (nSPS) is 42.4. The molecule has 29 heavy (non-hydrogen) atoms. The first kappa shape index (κ1) is 19.4. The summed E-state index contributed by atoms with van der Waals surface area (Å²) in [6.07, 6.45) is 5.74. The number of methoxy groups -OCH3 is 1. The highest BCUT2D eigenvalue weighted by atomic mass is 16.6. The van der Waals surface area contributed by atoms with Gasteiger partial charge in [0, 0.05) is 17.9 Å². The fraction of sp³-hybridized carbons (Fsp3) is 0.708. The molecule has 5 rings (SSSR count). The standard InChI is InChI=1S/C24H33NO4/c1-15-7-6-11-23(2)13-19-20(21-24(15,23)29-21)17(22(26)28-19)14-25-12-10-16-8-4-5-9-18(16)27-3/h4-5,8-9,15,17,19-21,25H,6-7,10-14H2,1-3H3/t15-,17+,19+,20+,21+,23+,24-/m0/s1. The van der Waals surface area contributed by atoms with Crippen LogP contribution in [0.5, 0.6) is 5.75 Å². The highest BCUT2D eigenvalue weighted by molar-refractivity contribution is 5.76. The molecule has 5 heteroatoms. The van der Waals surface area contributed by atoms with Gasteiger partial charge in [0.25, 0.3) is 0 Å². The lowest BCUT2D eigenvalue weighted by Gasteiger charge is -2.48. The lowest BCUT2D eigenvalue weighted by atomic mass is 9.53. The molecule has 0 amide bonds. The summed E-state index contributed by atoms with van der Waals surface area (Å²) in [6.45, 7) is 6.18. The number of nitrogens with one attached hydrogen (secondary N) is 1. The molecule has 1 spiro atoms. The van der Waals surface area contributed by atoms with Gasteiger partial charge in [0.15, 0.2) is 0 Å². The Morgan fingerprint density at radius 1 is 1.31 bits per heavy atom. The van der Waals surface area contributed by atoms with Crippen molar-refractivity contribution in [2.24, 2.45) is 23.2 Å². The molecule has 2 saturated heterocycles. The molecule has 2 saturated carbocycles. The maximum Gasteiger partial charge on any atom is 0.311 e. The lowest BCUT2D eigenvalue weighted by molar-refractivity contribution is -0.146. The number of carbonyl (C=O) groups is 1. The molecule has 2 aliphatic heterocycles. The van der Waals surface area contributed by atoms with Crippen LogP contribution in [0.25, 0.3) is 0 Å². The highest BCUT2D eigenvalue weighted by Gasteiger charge is 2.78. The van der Waals surface area contributed by atoms with Gasteiger partial charge in [0.05, 0.1) is 19.1 Å². The minimum atomic E-state index is -0.0966. The molecule has 4 aliphatic rings. The number of hydrogen-bond donors (Lipinski definition) is 1. The largest absolute Gasteiger partial charge is 0.496 e. The summed E-state index contributed by atoms with van der Waals surface area (Å²) >= 11 is 0. The molecular formula is C24H33NO4. The fourth-order valence-electron chi connectivity index (χ4n) is 6.86. The molecule has 1 N–H and O–H groups in total. The van der Waals surface area contributed by atoms with Crippen LogP contribution in [0, 0.1) is 23.2 Å². The Kier molecular flexibility index (Phi) is 4.67. The third kappa shape index (κ3) is 2.84. The smallest absolute Gasteiger partial charge is 0.311 e. The van der Waals surface area contributed by atoms with Gasteiger partial charge in [-0.2, -0.15) is 0 Å². The van der Waals surface area contributed by atoms with Crippen LogP contribution >= 0.6 is 0 Å². The van der Waals surface area contributed by atoms with Gasteiger partial charge in [0.1, 0.15) is 17.5 Å². The third-order valence-corrected chi connectivity index (χ3v) is 8.32. The first-order valence-electron chi connectivity index (χ1n) is 11.2. The zero-order valence-corrected chi connectivity index (χ0v) is 17.8.